The third-order valence-corrected chi connectivity index (χ3v) is 5.83. The summed E-state index contributed by atoms with van der Waals surface area (Å²) < 4.78 is 6.93. The molecule has 0 saturated heterocycles. The average molecular weight is 368 g/mol. The number of amides is 1. The van der Waals surface area contributed by atoms with E-state index in [0.29, 0.717) is 24.6 Å². The summed E-state index contributed by atoms with van der Waals surface area (Å²) in [4.78, 5) is 20.3. The summed E-state index contributed by atoms with van der Waals surface area (Å²) >= 11 is 3.22. The number of hydrogen-bond donors (Lipinski definition) is 0. The Balaban J connectivity index is 1.58. The second-order valence-electron chi connectivity index (χ2n) is 5.55. The van der Waals surface area contributed by atoms with Gasteiger partial charge in [-0.1, -0.05) is 18.2 Å². The van der Waals surface area contributed by atoms with E-state index >= 15 is 0 Å². The Morgan fingerprint density at radius 1 is 1.16 bits per heavy atom. The molecule has 3 heterocycles. The summed E-state index contributed by atoms with van der Waals surface area (Å²) in [6.07, 6.45) is 0. The Morgan fingerprint density at radius 2 is 2.04 bits per heavy atom. The fourth-order valence-corrected chi connectivity index (χ4v) is 4.27. The van der Waals surface area contributed by atoms with Gasteiger partial charge in [0.1, 0.15) is 0 Å². The van der Waals surface area contributed by atoms with Gasteiger partial charge in [0.15, 0.2) is 16.5 Å². The minimum atomic E-state index is -0.0942. The van der Waals surface area contributed by atoms with Gasteiger partial charge in [-0.05, 0) is 42.6 Å². The number of benzene rings is 1. The number of thiophene rings is 1. The van der Waals surface area contributed by atoms with Crippen LogP contribution in [0.25, 0.3) is 21.0 Å². The van der Waals surface area contributed by atoms with Gasteiger partial charge in [0, 0.05) is 11.4 Å². The van der Waals surface area contributed by atoms with E-state index in [4.69, 9.17) is 4.42 Å². The van der Waals surface area contributed by atoms with E-state index in [1.807, 2.05) is 54.8 Å². The van der Waals surface area contributed by atoms with Gasteiger partial charge >= 0.3 is 0 Å². The van der Waals surface area contributed by atoms with Crippen LogP contribution in [0.4, 0.5) is 0 Å². The van der Waals surface area contributed by atoms with Crippen molar-refractivity contribution in [2.24, 2.45) is 0 Å². The van der Waals surface area contributed by atoms with Gasteiger partial charge < -0.3 is 9.32 Å². The maximum atomic E-state index is 12.7. The number of furan rings is 1. The summed E-state index contributed by atoms with van der Waals surface area (Å²) in [6, 6.07) is 15.6. The van der Waals surface area contributed by atoms with Gasteiger partial charge in [-0.25, -0.2) is 4.98 Å². The first-order chi connectivity index (χ1) is 12.2. The third-order valence-electron chi connectivity index (χ3n) is 3.92. The SMILES string of the molecule is CCN(Cc1cccs1)C(=O)c1ccc(-c2nc3ccccc3s2)o1. The third kappa shape index (κ3) is 3.23. The van der Waals surface area contributed by atoms with Crippen molar-refractivity contribution in [3.8, 4) is 10.8 Å². The predicted octanol–water partition coefficient (Wildman–Crippen LogP) is 5.28. The van der Waals surface area contributed by atoms with Gasteiger partial charge in [0.05, 0.1) is 16.8 Å². The second kappa shape index (κ2) is 6.82. The number of fused-ring (bicyclic) bond motifs is 1. The van der Waals surface area contributed by atoms with Crippen molar-refractivity contribution in [1.82, 2.24) is 9.88 Å². The molecule has 4 nitrogen and oxygen atoms in total. The van der Waals surface area contributed by atoms with E-state index in [2.05, 4.69) is 4.98 Å². The van der Waals surface area contributed by atoms with Crippen LogP contribution in [0.2, 0.25) is 0 Å². The van der Waals surface area contributed by atoms with Crippen LogP contribution >= 0.6 is 22.7 Å². The number of para-hydroxylation sites is 1. The molecule has 0 unspecified atom stereocenters. The van der Waals surface area contributed by atoms with Crippen molar-refractivity contribution in [3.05, 3.63) is 64.5 Å². The lowest BCUT2D eigenvalue weighted by atomic mass is 10.3. The van der Waals surface area contributed by atoms with E-state index in [1.165, 1.54) is 0 Å². The lowest BCUT2D eigenvalue weighted by molar-refractivity contribution is 0.0723. The first-order valence-corrected chi connectivity index (χ1v) is 9.71. The summed E-state index contributed by atoms with van der Waals surface area (Å²) in [5.41, 5.74) is 0.944. The van der Waals surface area contributed by atoms with Crippen molar-refractivity contribution in [1.29, 1.82) is 0 Å². The summed E-state index contributed by atoms with van der Waals surface area (Å²) in [5.74, 6) is 0.896. The minimum Gasteiger partial charge on any atom is -0.448 e. The normalized spacial score (nSPS) is 11.1. The van der Waals surface area contributed by atoms with E-state index in [1.54, 1.807) is 33.6 Å². The highest BCUT2D eigenvalue weighted by atomic mass is 32.1. The number of carbonyl (C=O) groups is 1. The molecule has 0 aliphatic rings. The molecule has 1 amide bonds. The van der Waals surface area contributed by atoms with Crippen LogP contribution < -0.4 is 0 Å². The Hall–Kier alpha value is -2.44. The molecule has 6 heteroatoms. The molecule has 0 aliphatic heterocycles. The molecule has 0 radical (unpaired) electrons. The molecule has 4 aromatic rings. The highest BCUT2D eigenvalue weighted by molar-refractivity contribution is 7.21. The van der Waals surface area contributed by atoms with Crippen molar-refractivity contribution < 1.29 is 9.21 Å². The second-order valence-corrected chi connectivity index (χ2v) is 7.61. The quantitative estimate of drug-likeness (QED) is 0.481. The Kier molecular flexibility index (Phi) is 4.38. The lowest BCUT2D eigenvalue weighted by Gasteiger charge is -2.18. The number of carbonyl (C=O) groups excluding carboxylic acids is 1. The minimum absolute atomic E-state index is 0.0942. The maximum Gasteiger partial charge on any atom is 0.289 e. The van der Waals surface area contributed by atoms with Crippen LogP contribution in [0.15, 0.2) is 58.3 Å². The first kappa shape index (κ1) is 16.1. The average Bonchev–Trinajstić information content (AvgIpc) is 3.38. The smallest absolute Gasteiger partial charge is 0.289 e. The van der Waals surface area contributed by atoms with Crippen LogP contribution in [0, 0.1) is 0 Å². The molecule has 1 aromatic carbocycles. The van der Waals surface area contributed by atoms with Gasteiger partial charge in [0.2, 0.25) is 0 Å². The van der Waals surface area contributed by atoms with Gasteiger partial charge in [0.25, 0.3) is 5.91 Å². The predicted molar refractivity (Wildman–Crippen MR) is 102 cm³/mol. The molecule has 3 aromatic heterocycles. The number of nitrogens with zero attached hydrogens (tertiary/aromatic N) is 2. The molecule has 0 N–H and O–H groups in total. The van der Waals surface area contributed by atoms with Crippen molar-refractivity contribution in [3.63, 3.8) is 0 Å². The van der Waals surface area contributed by atoms with Crippen LogP contribution in [-0.4, -0.2) is 22.3 Å². The molecule has 0 atom stereocenters. The van der Waals surface area contributed by atoms with Crippen molar-refractivity contribution >= 4 is 38.8 Å². The molecular weight excluding hydrogens is 352 g/mol. The zero-order valence-electron chi connectivity index (χ0n) is 13.6. The highest BCUT2D eigenvalue weighted by Crippen LogP contribution is 2.31. The molecular formula is C19H16N2O2S2. The number of rotatable bonds is 5. The number of thiazole rings is 1. The Morgan fingerprint density at radius 3 is 2.80 bits per heavy atom. The number of aromatic nitrogens is 1. The summed E-state index contributed by atoms with van der Waals surface area (Å²) in [6.45, 7) is 3.21. The molecule has 25 heavy (non-hydrogen) atoms. The largest absolute Gasteiger partial charge is 0.448 e. The standard InChI is InChI=1S/C19H16N2O2S2/c1-2-21(12-13-6-5-11-24-13)19(22)16-10-9-15(23-16)18-20-14-7-3-4-8-17(14)25-18/h3-11H,2,12H2,1H3. The fourth-order valence-electron chi connectivity index (χ4n) is 2.62. The molecule has 0 bridgehead atoms. The molecule has 0 spiro atoms. The van der Waals surface area contributed by atoms with Gasteiger partial charge in [-0.2, -0.15) is 0 Å². The monoisotopic (exact) mass is 368 g/mol. The topological polar surface area (TPSA) is 46.3 Å². The highest BCUT2D eigenvalue weighted by Gasteiger charge is 2.20. The Bertz CT molecular complexity index is 968. The van der Waals surface area contributed by atoms with Crippen LogP contribution in [0.1, 0.15) is 22.4 Å². The molecule has 0 aliphatic carbocycles. The van der Waals surface area contributed by atoms with Gasteiger partial charge in [-0.15, -0.1) is 22.7 Å². The van der Waals surface area contributed by atoms with E-state index in [9.17, 15) is 4.79 Å². The van der Waals surface area contributed by atoms with Gasteiger partial charge in [-0.3, -0.25) is 4.79 Å². The van der Waals surface area contributed by atoms with Crippen LogP contribution in [0.3, 0.4) is 0 Å². The van der Waals surface area contributed by atoms with Crippen LogP contribution in [0.5, 0.6) is 0 Å². The molecule has 0 saturated carbocycles. The molecule has 126 valence electrons. The van der Waals surface area contributed by atoms with E-state index < -0.39 is 0 Å². The lowest BCUT2D eigenvalue weighted by Crippen LogP contribution is -2.29. The Labute approximate surface area is 153 Å². The maximum absolute atomic E-state index is 12.7. The van der Waals surface area contributed by atoms with E-state index in [0.717, 1.165) is 20.1 Å². The van der Waals surface area contributed by atoms with Crippen LogP contribution in [-0.2, 0) is 6.54 Å². The number of hydrogen-bond acceptors (Lipinski definition) is 5. The van der Waals surface area contributed by atoms with Crippen molar-refractivity contribution in [2.45, 2.75) is 13.5 Å². The molecule has 4 rings (SSSR count). The summed E-state index contributed by atoms with van der Waals surface area (Å²) in [5, 5.41) is 2.81. The first-order valence-electron chi connectivity index (χ1n) is 8.02. The zero-order valence-corrected chi connectivity index (χ0v) is 15.3. The fraction of sp³-hybridized carbons (Fsp3) is 0.158. The zero-order chi connectivity index (χ0) is 17.2. The van der Waals surface area contributed by atoms with Crippen molar-refractivity contribution in [2.75, 3.05) is 6.54 Å². The molecule has 0 fully saturated rings. The van der Waals surface area contributed by atoms with E-state index in [-0.39, 0.29) is 5.91 Å². The summed E-state index contributed by atoms with van der Waals surface area (Å²) in [7, 11) is 0.